The number of nitrogens with two attached hydrogens (primary N) is 6. The molecule has 1 heterocycles. The van der Waals surface area contributed by atoms with Gasteiger partial charge in [0.25, 0.3) is 0 Å². The highest BCUT2D eigenvalue weighted by Gasteiger charge is 2.40. The van der Waals surface area contributed by atoms with Crippen molar-refractivity contribution in [2.45, 2.75) is 126 Å². The Hall–Kier alpha value is -7.46. The van der Waals surface area contributed by atoms with Crippen LogP contribution in [0.4, 0.5) is 0 Å². The highest BCUT2D eigenvalue weighted by atomic mass is 32.1. The van der Waals surface area contributed by atoms with Gasteiger partial charge in [-0.3, -0.25) is 57.7 Å². The van der Waals surface area contributed by atoms with Crippen LogP contribution >= 0.6 is 25.3 Å². The molecule has 1 aliphatic heterocycles. The number of carbonyl (C=O) groups is 11. The molecule has 28 heteroatoms. The maximum Gasteiger partial charge on any atom is 0.246 e. The Bertz CT molecular complexity index is 2430. The van der Waals surface area contributed by atoms with E-state index in [4.69, 9.17) is 34.4 Å². The number of unbranched alkanes of at least 4 members (excludes halogenated alkanes) is 1. The fourth-order valence-electron chi connectivity index (χ4n) is 8.20. The van der Waals surface area contributed by atoms with E-state index in [1.54, 1.807) is 42.5 Å². The Balaban J connectivity index is 1.87. The summed E-state index contributed by atoms with van der Waals surface area (Å²) in [6.45, 7) is 1.72. The summed E-state index contributed by atoms with van der Waals surface area (Å²) in [6, 6.07) is 4.88. The monoisotopic (exact) mass is 1110 g/mol. The SMILES string of the molecule is CCc1ccccc1C[C@H](NC(=O)[C@@H](N)CS)C(=O)N[C@@H](Cc1ccccc1)C(=O)N[C@@H](CCC(N)=O)C(=O)N[C@@H](CC(N)=O)C(=O)N[C@@H](CS)C(=O)N1CCC[C@H]1C(=O)N[C@H](CCCCN=C(N)N)C(=O)NCC(N)=O. The van der Waals surface area contributed by atoms with Crippen LogP contribution in [-0.2, 0) is 72.0 Å². The number of likely N-dealkylation sites (tertiary alicyclic amines) is 1. The second-order valence-electron chi connectivity index (χ2n) is 18.2. The number of nitrogens with one attached hydrogen (secondary N) is 7. The first-order valence-electron chi connectivity index (χ1n) is 25.0. The lowest BCUT2D eigenvalue weighted by molar-refractivity contribution is -0.142. The molecule has 2 aromatic carbocycles. The Morgan fingerprint density at radius 2 is 1.17 bits per heavy atom. The first-order chi connectivity index (χ1) is 36.6. The predicted molar refractivity (Wildman–Crippen MR) is 291 cm³/mol. The number of guanidine groups is 1. The van der Waals surface area contributed by atoms with Crippen molar-refractivity contribution in [1.82, 2.24) is 42.1 Å². The highest BCUT2D eigenvalue weighted by Crippen LogP contribution is 2.20. The summed E-state index contributed by atoms with van der Waals surface area (Å²) in [5.41, 5.74) is 35.1. The summed E-state index contributed by atoms with van der Waals surface area (Å²) in [4.78, 5) is 152. The van der Waals surface area contributed by atoms with Crippen molar-refractivity contribution in [3.05, 3.63) is 71.3 Å². The molecule has 2 aromatic rings. The van der Waals surface area contributed by atoms with Crippen molar-refractivity contribution in [2.24, 2.45) is 39.4 Å². The summed E-state index contributed by atoms with van der Waals surface area (Å²) in [6.07, 6.45) is 0.178. The zero-order valence-electron chi connectivity index (χ0n) is 42.9. The van der Waals surface area contributed by atoms with Crippen molar-refractivity contribution >= 4 is 96.2 Å². The Kier molecular flexibility index (Phi) is 27.2. The lowest BCUT2D eigenvalue weighted by Crippen LogP contribution is -2.61. The number of primary amides is 3. The first-order valence-corrected chi connectivity index (χ1v) is 26.2. The zero-order chi connectivity index (χ0) is 57.2. The molecule has 26 nitrogen and oxygen atoms in total. The summed E-state index contributed by atoms with van der Waals surface area (Å²) >= 11 is 8.38. The number of amides is 11. The summed E-state index contributed by atoms with van der Waals surface area (Å²) < 4.78 is 0. The van der Waals surface area contributed by atoms with Crippen LogP contribution in [-0.4, -0.2) is 155 Å². The fraction of sp³-hybridized carbons (Fsp3) is 0.510. The molecule has 19 N–H and O–H groups in total. The van der Waals surface area contributed by atoms with E-state index in [2.05, 4.69) is 67.5 Å². The Labute approximate surface area is 457 Å². The van der Waals surface area contributed by atoms with Crippen LogP contribution in [0.1, 0.15) is 75.0 Å². The maximum atomic E-state index is 14.4. The molecule has 3 rings (SSSR count). The minimum absolute atomic E-state index is 0.00680. The molecule has 77 heavy (non-hydrogen) atoms. The molecule has 0 radical (unpaired) electrons. The van der Waals surface area contributed by atoms with Crippen LogP contribution in [0.2, 0.25) is 0 Å². The van der Waals surface area contributed by atoms with Crippen LogP contribution in [0.3, 0.4) is 0 Å². The van der Waals surface area contributed by atoms with Gasteiger partial charge in [0.2, 0.25) is 65.0 Å². The van der Waals surface area contributed by atoms with Gasteiger partial charge in [0.05, 0.1) is 19.0 Å². The zero-order valence-corrected chi connectivity index (χ0v) is 44.7. The average molecular weight is 1110 g/mol. The predicted octanol–water partition coefficient (Wildman–Crippen LogP) is -4.69. The number of carbonyl (C=O) groups excluding carboxylic acids is 11. The van der Waals surface area contributed by atoms with Crippen LogP contribution in [0, 0.1) is 0 Å². The van der Waals surface area contributed by atoms with Crippen molar-refractivity contribution < 1.29 is 52.7 Å². The van der Waals surface area contributed by atoms with E-state index in [1.165, 1.54) is 4.90 Å². The molecule has 8 atom stereocenters. The van der Waals surface area contributed by atoms with Gasteiger partial charge >= 0.3 is 0 Å². The van der Waals surface area contributed by atoms with E-state index in [0.29, 0.717) is 31.2 Å². The van der Waals surface area contributed by atoms with E-state index in [9.17, 15) is 52.7 Å². The third-order valence-electron chi connectivity index (χ3n) is 12.3. The van der Waals surface area contributed by atoms with Crippen molar-refractivity contribution in [1.29, 1.82) is 0 Å². The summed E-state index contributed by atoms with van der Waals surface area (Å²) in [5, 5.41) is 17.7. The van der Waals surface area contributed by atoms with Gasteiger partial charge in [-0.25, -0.2) is 0 Å². The minimum atomic E-state index is -1.79. The van der Waals surface area contributed by atoms with Crippen LogP contribution < -0.4 is 71.6 Å². The Morgan fingerprint density at radius 1 is 0.610 bits per heavy atom. The minimum Gasteiger partial charge on any atom is -0.370 e. The Morgan fingerprint density at radius 3 is 1.77 bits per heavy atom. The van der Waals surface area contributed by atoms with Crippen molar-refractivity contribution in [2.75, 3.05) is 31.1 Å². The number of aryl methyl sites for hydroxylation is 1. The molecule has 0 spiro atoms. The summed E-state index contributed by atoms with van der Waals surface area (Å²) in [7, 11) is 0. The number of benzene rings is 2. The van der Waals surface area contributed by atoms with Gasteiger partial charge in [-0.2, -0.15) is 25.3 Å². The van der Waals surface area contributed by atoms with Gasteiger partial charge in [0, 0.05) is 43.9 Å². The molecule has 11 amide bonds. The standard InChI is InChI=1S/C49H73N15O11S2/c1-2-28-13-6-7-14-29(28)22-34(60-41(68)30(50)25-76)45(72)61-33(21-27-11-4-3-5-12-27)44(71)58-32(17-18-38(51)65)43(70)62-35(23-39(52)66)46(73)63-36(26-77)48(75)64-20-10-16-37(64)47(74)59-31(42(69)57-24-40(53)67)15-8-9-19-56-49(54)55/h3-7,11-14,30-37,76-77H,2,8-10,15-26,50H2,1H3,(H2,51,65)(H2,52,66)(H2,53,67)(H,57,69)(H,58,71)(H,59,74)(H,60,68)(H,61,72)(H,62,70)(H,63,73)(H4,54,55,56)/t30-,31+,32-,33-,34-,35-,36-,37-/m0/s1. The van der Waals surface area contributed by atoms with E-state index in [1.807, 2.05) is 19.1 Å². The molecule has 1 aliphatic rings. The van der Waals surface area contributed by atoms with Crippen LogP contribution in [0.15, 0.2) is 59.6 Å². The van der Waals surface area contributed by atoms with E-state index in [0.717, 1.165) is 11.1 Å². The lowest BCUT2D eigenvalue weighted by Gasteiger charge is -2.30. The molecule has 0 aromatic heterocycles. The van der Waals surface area contributed by atoms with Gasteiger partial charge in [0.1, 0.15) is 42.3 Å². The molecular weight excluding hydrogens is 1040 g/mol. The molecular formula is C49H73N15O11S2. The number of hydrogen-bond donors (Lipinski definition) is 15. The normalized spacial score (nSPS) is 15.6. The third kappa shape index (κ3) is 22.0. The number of rotatable bonds is 33. The molecule has 0 aliphatic carbocycles. The largest absolute Gasteiger partial charge is 0.370 e. The second kappa shape index (κ2) is 32.9. The fourth-order valence-corrected chi connectivity index (χ4v) is 8.61. The topological polar surface area (TPSA) is 444 Å². The lowest BCUT2D eigenvalue weighted by atomic mass is 9.97. The molecule has 0 bridgehead atoms. The molecule has 1 saturated heterocycles. The van der Waals surface area contributed by atoms with Gasteiger partial charge in [-0.15, -0.1) is 0 Å². The van der Waals surface area contributed by atoms with Crippen LogP contribution in [0.25, 0.3) is 0 Å². The first kappa shape index (κ1) is 63.8. The number of nitrogens with zero attached hydrogens (tertiary/aromatic N) is 2. The molecule has 422 valence electrons. The maximum absolute atomic E-state index is 14.4. The number of hydrogen-bond acceptors (Lipinski definition) is 15. The smallest absolute Gasteiger partial charge is 0.246 e. The van der Waals surface area contributed by atoms with Gasteiger partial charge in [-0.1, -0.05) is 61.5 Å². The second-order valence-corrected chi connectivity index (χ2v) is 18.9. The number of aliphatic imine (C=N–C) groups is 1. The molecule has 0 unspecified atom stereocenters. The van der Waals surface area contributed by atoms with E-state index < -0.39 is 139 Å². The molecule has 0 saturated carbocycles. The van der Waals surface area contributed by atoms with Crippen LogP contribution in [0.5, 0.6) is 0 Å². The van der Waals surface area contributed by atoms with Gasteiger partial charge < -0.3 is 76.5 Å². The van der Waals surface area contributed by atoms with E-state index >= 15 is 0 Å². The number of thiol groups is 2. The third-order valence-corrected chi connectivity index (χ3v) is 13.0. The molecule has 1 fully saturated rings. The highest BCUT2D eigenvalue weighted by molar-refractivity contribution is 7.80. The van der Waals surface area contributed by atoms with Crippen molar-refractivity contribution in [3.8, 4) is 0 Å². The van der Waals surface area contributed by atoms with Crippen molar-refractivity contribution in [3.63, 3.8) is 0 Å². The van der Waals surface area contributed by atoms with E-state index in [-0.39, 0.29) is 56.2 Å². The van der Waals surface area contributed by atoms with Gasteiger partial charge in [0.15, 0.2) is 5.96 Å². The summed E-state index contributed by atoms with van der Waals surface area (Å²) in [5.74, 6) is -10.0. The van der Waals surface area contributed by atoms with Gasteiger partial charge in [-0.05, 0) is 61.6 Å². The average Bonchev–Trinajstić information content (AvgIpc) is 3.89. The quantitative estimate of drug-likeness (QED) is 0.0138.